The summed E-state index contributed by atoms with van der Waals surface area (Å²) in [5.41, 5.74) is 2.58. The maximum Gasteiger partial charge on any atom is 0.410 e. The van der Waals surface area contributed by atoms with Crippen LogP contribution in [0.4, 0.5) is 13.6 Å². The highest BCUT2D eigenvalue weighted by molar-refractivity contribution is 5.70. The van der Waals surface area contributed by atoms with E-state index in [1.165, 1.54) is 18.2 Å². The fraction of sp³-hybridized carbons (Fsp3) is 0.333. The van der Waals surface area contributed by atoms with Crippen LogP contribution < -0.4 is 5.69 Å². The number of H-pyrrole nitrogens is 1. The molecule has 0 unspecified atom stereocenters. The van der Waals surface area contributed by atoms with Gasteiger partial charge in [-0.15, -0.1) is 12.8 Å². The van der Waals surface area contributed by atoms with Crippen molar-refractivity contribution in [1.82, 2.24) is 24.4 Å². The van der Waals surface area contributed by atoms with Gasteiger partial charge in [0, 0.05) is 43.2 Å². The molecule has 1 amide bonds. The van der Waals surface area contributed by atoms with Crippen molar-refractivity contribution in [1.29, 1.82) is 0 Å². The van der Waals surface area contributed by atoms with E-state index < -0.39 is 23.8 Å². The molecule has 3 aromatic heterocycles. The van der Waals surface area contributed by atoms with Gasteiger partial charge in [0.15, 0.2) is 5.65 Å². The van der Waals surface area contributed by atoms with Crippen molar-refractivity contribution in [3.63, 3.8) is 0 Å². The molecule has 2 aliphatic rings. The summed E-state index contributed by atoms with van der Waals surface area (Å²) in [6.45, 7) is 1.01. The van der Waals surface area contributed by atoms with E-state index in [4.69, 9.17) is 4.74 Å². The highest BCUT2D eigenvalue weighted by atomic mass is 19.1. The number of fused-ring (bicyclic) bond motifs is 2. The maximum absolute atomic E-state index is 12.9. The number of nitrogens with one attached hydrogen (secondary N) is 1. The Morgan fingerprint density at radius 1 is 0.976 bits per heavy atom. The van der Waals surface area contributed by atoms with Crippen molar-refractivity contribution < 1.29 is 23.4 Å². The Morgan fingerprint density at radius 2 is 1.66 bits per heavy atom. The fourth-order valence-electron chi connectivity index (χ4n) is 5.17. The largest absolute Gasteiger partial charge is 0.440 e. The number of carbonyl (C=O) groups excluding carboxylic acids is 1. The molecule has 0 saturated carbocycles. The molecule has 2 N–H and O–H groups in total. The normalized spacial score (nSPS) is 18.6. The number of hydrogen-bond acceptors (Lipinski definition) is 6. The van der Waals surface area contributed by atoms with Crippen LogP contribution >= 0.6 is 0 Å². The molecular formula is C30H31F2N5O4. The Hall–Kier alpha value is -4.56. The van der Waals surface area contributed by atoms with Gasteiger partial charge >= 0.3 is 11.8 Å². The Kier molecular flexibility index (Phi) is 9.81. The van der Waals surface area contributed by atoms with E-state index in [9.17, 15) is 23.5 Å². The number of carbonyl (C=O) groups is 1. The van der Waals surface area contributed by atoms with Crippen LogP contribution in [0.5, 0.6) is 0 Å². The molecule has 1 fully saturated rings. The number of nitrogens with zero attached hydrogens (tertiary/aromatic N) is 4. The number of rotatable bonds is 2. The zero-order valence-electron chi connectivity index (χ0n) is 22.3. The monoisotopic (exact) mass is 563 g/mol. The minimum atomic E-state index is -0.577. The summed E-state index contributed by atoms with van der Waals surface area (Å²) < 4.78 is 31.4. The highest BCUT2D eigenvalue weighted by Gasteiger charge is 2.31. The van der Waals surface area contributed by atoms with Gasteiger partial charge in [-0.25, -0.2) is 23.4 Å². The van der Waals surface area contributed by atoms with Crippen LogP contribution in [0.2, 0.25) is 0 Å². The fourth-order valence-corrected chi connectivity index (χ4v) is 5.17. The number of terminal acetylenes is 1. The predicted molar refractivity (Wildman–Crippen MR) is 149 cm³/mol. The van der Waals surface area contributed by atoms with Crippen LogP contribution in [0.1, 0.15) is 61.6 Å². The molecule has 4 aromatic rings. The van der Waals surface area contributed by atoms with Gasteiger partial charge in [0.05, 0.1) is 17.3 Å². The number of ether oxygens (including phenoxy) is 1. The van der Waals surface area contributed by atoms with Gasteiger partial charge in [-0.1, -0.05) is 12.1 Å². The number of likely N-dealkylation sites (tertiary alicyclic amines) is 1. The molecule has 1 aliphatic heterocycles. The summed E-state index contributed by atoms with van der Waals surface area (Å²) in [5.74, 6) is -1.07. The molecule has 0 spiro atoms. The quantitative estimate of drug-likeness (QED) is 0.260. The number of aromatic nitrogens is 4. The molecule has 1 aliphatic carbocycles. The maximum atomic E-state index is 12.9. The van der Waals surface area contributed by atoms with E-state index in [-0.39, 0.29) is 17.8 Å². The van der Waals surface area contributed by atoms with Crippen molar-refractivity contribution in [3.05, 3.63) is 94.3 Å². The molecule has 6 rings (SSSR count). The number of imidazole rings is 1. The lowest BCUT2D eigenvalue weighted by Gasteiger charge is -2.32. The van der Waals surface area contributed by atoms with Crippen LogP contribution in [0.3, 0.4) is 0 Å². The Bertz CT molecular complexity index is 1530. The van der Waals surface area contributed by atoms with Gasteiger partial charge < -0.3 is 14.7 Å². The van der Waals surface area contributed by atoms with Crippen molar-refractivity contribution in [2.75, 3.05) is 13.1 Å². The zero-order chi connectivity index (χ0) is 29.4. The van der Waals surface area contributed by atoms with Crippen LogP contribution in [-0.2, 0) is 4.74 Å². The number of pyridine rings is 2. The third kappa shape index (κ3) is 6.96. The first-order valence-electron chi connectivity index (χ1n) is 13.3. The number of halogens is 2. The Morgan fingerprint density at radius 3 is 2.34 bits per heavy atom. The zero-order valence-corrected chi connectivity index (χ0v) is 22.3. The third-order valence-electron chi connectivity index (χ3n) is 7.09. The molecule has 41 heavy (non-hydrogen) atoms. The number of amides is 1. The smallest absolute Gasteiger partial charge is 0.410 e. The van der Waals surface area contributed by atoms with E-state index in [2.05, 4.69) is 27.8 Å². The predicted octanol–water partition coefficient (Wildman–Crippen LogP) is 5.07. The lowest BCUT2D eigenvalue weighted by molar-refractivity contribution is 0.0476. The molecular weight excluding hydrogens is 532 g/mol. The second-order valence-corrected chi connectivity index (χ2v) is 9.63. The summed E-state index contributed by atoms with van der Waals surface area (Å²) in [5, 5.41) is 10.3. The second-order valence-electron chi connectivity index (χ2n) is 9.63. The number of hydrogen-bond donors (Lipinski definition) is 2. The molecule has 2 atom stereocenters. The van der Waals surface area contributed by atoms with E-state index in [1.807, 2.05) is 18.2 Å². The summed E-state index contributed by atoms with van der Waals surface area (Å²) >= 11 is 0. The van der Waals surface area contributed by atoms with Gasteiger partial charge in [0.2, 0.25) is 0 Å². The SMILES string of the molecule is C#C.Fc1cccc(F)c1.O=C(O[C@@H]1CCC[C@H](O)c2cccnc21)N1CCC(n2c(=O)[nH]c3ncccc32)CC1. The van der Waals surface area contributed by atoms with Crippen molar-refractivity contribution in [3.8, 4) is 12.8 Å². The molecule has 1 aromatic carbocycles. The minimum absolute atomic E-state index is 0.00456. The summed E-state index contributed by atoms with van der Waals surface area (Å²) in [7, 11) is 0. The average Bonchev–Trinajstić information content (AvgIpc) is 3.24. The lowest BCUT2D eigenvalue weighted by Crippen LogP contribution is -2.41. The first-order chi connectivity index (χ1) is 19.9. The first-order valence-corrected chi connectivity index (χ1v) is 13.3. The van der Waals surface area contributed by atoms with Crippen molar-refractivity contribution in [2.45, 2.75) is 50.4 Å². The lowest BCUT2D eigenvalue weighted by atomic mass is 10.0. The van der Waals surface area contributed by atoms with Crippen LogP contribution in [-0.4, -0.2) is 48.7 Å². The Balaban J connectivity index is 0.000000332. The van der Waals surface area contributed by atoms with E-state index >= 15 is 0 Å². The molecule has 0 radical (unpaired) electrons. The van der Waals surface area contributed by atoms with Gasteiger partial charge in [-0.3, -0.25) is 14.5 Å². The van der Waals surface area contributed by atoms with Gasteiger partial charge in [-0.05, 0) is 62.4 Å². The molecule has 0 bridgehead atoms. The molecule has 9 nitrogen and oxygen atoms in total. The van der Waals surface area contributed by atoms with Crippen LogP contribution in [0.25, 0.3) is 11.2 Å². The Labute approximate surface area is 235 Å². The van der Waals surface area contributed by atoms with E-state index in [0.717, 1.165) is 23.6 Å². The summed E-state index contributed by atoms with van der Waals surface area (Å²) in [4.78, 5) is 38.4. The van der Waals surface area contributed by atoms with Gasteiger partial charge in [0.25, 0.3) is 0 Å². The number of piperidine rings is 1. The van der Waals surface area contributed by atoms with Crippen LogP contribution in [0.15, 0.2) is 65.7 Å². The van der Waals surface area contributed by atoms with Crippen LogP contribution in [0, 0.1) is 24.5 Å². The topological polar surface area (TPSA) is 113 Å². The number of aliphatic hydroxyl groups excluding tert-OH is 1. The first kappa shape index (κ1) is 29.4. The number of benzene rings is 1. The standard InChI is InChI=1S/C22H25N5O4.C6H4F2.C2H2/c28-17-6-1-7-18(19-15(17)4-2-10-23-19)31-22(30)26-12-8-14(9-13-26)27-16-5-3-11-24-20(16)25-21(27)29;7-5-2-1-3-6(8)4-5;1-2/h2-5,10-11,14,17-18,28H,1,6-9,12-13H2,(H,24,25,29);1-4H;1-2H/t17-,18+;;/m0../s1. The highest BCUT2D eigenvalue weighted by Crippen LogP contribution is 2.35. The van der Waals surface area contributed by atoms with Gasteiger partial charge in [-0.2, -0.15) is 0 Å². The number of aliphatic hydroxyl groups is 1. The average molecular weight is 564 g/mol. The molecule has 11 heteroatoms. The second kappa shape index (κ2) is 13.7. The van der Waals surface area contributed by atoms with Crippen molar-refractivity contribution in [2.24, 2.45) is 0 Å². The van der Waals surface area contributed by atoms with E-state index in [0.29, 0.717) is 50.1 Å². The molecule has 4 heterocycles. The molecule has 214 valence electrons. The summed E-state index contributed by atoms with van der Waals surface area (Å²) in [6, 6.07) is 11.9. The number of aromatic amines is 1. The van der Waals surface area contributed by atoms with Crippen molar-refractivity contribution >= 4 is 17.3 Å². The van der Waals surface area contributed by atoms with E-state index in [1.54, 1.807) is 27.9 Å². The minimum Gasteiger partial charge on any atom is -0.440 e. The third-order valence-corrected chi connectivity index (χ3v) is 7.09. The summed E-state index contributed by atoms with van der Waals surface area (Å²) in [6.07, 6.45) is 13.3. The molecule has 1 saturated heterocycles. The van der Waals surface area contributed by atoms with Gasteiger partial charge in [0.1, 0.15) is 17.7 Å².